The lowest BCUT2D eigenvalue weighted by Gasteiger charge is -2.20. The van der Waals surface area contributed by atoms with Crippen LogP contribution >= 0.6 is 0 Å². The summed E-state index contributed by atoms with van der Waals surface area (Å²) in [4.78, 5) is 17.7. The van der Waals surface area contributed by atoms with Crippen molar-refractivity contribution in [2.75, 3.05) is 0 Å². The van der Waals surface area contributed by atoms with Gasteiger partial charge in [0.05, 0.1) is 58.2 Å². The van der Waals surface area contributed by atoms with E-state index in [1.807, 2.05) is 92.7 Å². The van der Waals surface area contributed by atoms with Crippen LogP contribution in [0.3, 0.4) is 0 Å². The Morgan fingerprint density at radius 1 is 0.483 bits per heavy atom. The number of aromatic nitrogens is 4. The first-order valence-electron chi connectivity index (χ1n) is 18.9. The molecule has 0 atom stereocenters. The van der Waals surface area contributed by atoms with Crippen molar-refractivity contribution in [1.82, 2.24) is 19.1 Å². The molecule has 0 unspecified atom stereocenters. The van der Waals surface area contributed by atoms with E-state index in [4.69, 9.17) is 23.1 Å². The van der Waals surface area contributed by atoms with Gasteiger partial charge in [-0.05, 0) is 84.6 Å². The van der Waals surface area contributed by atoms with E-state index in [1.54, 1.807) is 0 Å². The summed E-state index contributed by atoms with van der Waals surface area (Å²) < 4.78 is 4.53. The van der Waals surface area contributed by atoms with Gasteiger partial charge in [0.1, 0.15) is 5.82 Å². The monoisotopic (exact) mass is 741 g/mol. The molecule has 3 heterocycles. The first-order chi connectivity index (χ1) is 28.4. The first kappa shape index (κ1) is 34.2. The van der Waals surface area contributed by atoms with Gasteiger partial charge in [-0.15, -0.1) is 0 Å². The van der Waals surface area contributed by atoms with Crippen molar-refractivity contribution in [3.8, 4) is 51.1 Å². The SMILES string of the molecule is [C-]#[N+]c1ccccc1-c1ccc2c3ccccc3n(-c3cc(-c4nc(C)cc(C)n4)c([N+]#[C-])cc3-n3c4ccccc4c4ccc(-c5ccccc5C#N)cc43)c2c1. The molecule has 0 saturated carbocycles. The number of nitriles is 1. The maximum Gasteiger partial charge on any atom is 0.200 e. The van der Waals surface area contributed by atoms with Gasteiger partial charge < -0.3 is 9.13 Å². The minimum Gasteiger partial charge on any atom is -0.308 e. The smallest absolute Gasteiger partial charge is 0.200 e. The van der Waals surface area contributed by atoms with Crippen molar-refractivity contribution in [2.45, 2.75) is 13.8 Å². The summed E-state index contributed by atoms with van der Waals surface area (Å²) in [5.74, 6) is 0.487. The van der Waals surface area contributed by atoms with Crippen LogP contribution in [0.1, 0.15) is 17.0 Å². The fraction of sp³-hybridized carbons (Fsp3) is 0.0392. The Morgan fingerprint density at radius 2 is 0.983 bits per heavy atom. The third-order valence-electron chi connectivity index (χ3n) is 11.0. The molecule has 7 heteroatoms. The number of rotatable bonds is 5. The van der Waals surface area contributed by atoms with Gasteiger partial charge in [0.15, 0.2) is 11.4 Å². The third kappa shape index (κ3) is 5.33. The molecule has 0 aliphatic carbocycles. The minimum atomic E-state index is 0.424. The van der Waals surface area contributed by atoms with E-state index in [9.17, 15) is 5.26 Å². The standard InChI is InChI=1S/C51H31N7/c1-31-25-32(2)56-51(55-31)42-28-49(57-45-19-11-8-16-38(45)41-24-22-34(27-48(41)57)37-15-7-10-18-43(37)53-3)50(29-44(42)54-4)58-46-20-12-9-17-39(46)40-23-21-33(26-47(40)58)36-14-6-5-13-35(36)30-52/h5-29H,1-2H3. The summed E-state index contributed by atoms with van der Waals surface area (Å²) in [5, 5.41) is 14.3. The molecule has 270 valence electrons. The molecule has 0 aliphatic heterocycles. The van der Waals surface area contributed by atoms with E-state index in [0.29, 0.717) is 28.3 Å². The van der Waals surface area contributed by atoms with E-state index in [0.717, 1.165) is 88.6 Å². The van der Waals surface area contributed by atoms with Gasteiger partial charge in [-0.25, -0.2) is 19.7 Å². The van der Waals surface area contributed by atoms with E-state index >= 15 is 0 Å². The molecule has 10 rings (SSSR count). The van der Waals surface area contributed by atoms with E-state index < -0.39 is 0 Å². The van der Waals surface area contributed by atoms with Crippen LogP contribution in [0, 0.1) is 38.3 Å². The molecule has 0 spiro atoms. The van der Waals surface area contributed by atoms with E-state index in [-0.39, 0.29) is 0 Å². The number of aryl methyl sites for hydroxylation is 2. The highest BCUT2D eigenvalue weighted by Crippen LogP contribution is 2.44. The fourth-order valence-electron chi connectivity index (χ4n) is 8.48. The zero-order chi connectivity index (χ0) is 39.5. The molecule has 7 aromatic carbocycles. The van der Waals surface area contributed by atoms with Crippen LogP contribution in [0.25, 0.3) is 98.3 Å². The zero-order valence-corrected chi connectivity index (χ0v) is 31.6. The maximum absolute atomic E-state index is 10.1. The number of nitrogens with zero attached hydrogens (tertiary/aromatic N) is 7. The molecule has 10 aromatic rings. The quantitative estimate of drug-likeness (QED) is 0.165. The lowest BCUT2D eigenvalue weighted by atomic mass is 9.99. The normalized spacial score (nSPS) is 11.2. The number of hydrogen-bond donors (Lipinski definition) is 0. The van der Waals surface area contributed by atoms with Crippen molar-refractivity contribution >= 4 is 55.0 Å². The van der Waals surface area contributed by atoms with Crippen molar-refractivity contribution in [3.63, 3.8) is 0 Å². The second-order valence-corrected chi connectivity index (χ2v) is 14.4. The molecule has 58 heavy (non-hydrogen) atoms. The Hall–Kier alpha value is -8.31. The highest BCUT2D eigenvalue weighted by Gasteiger charge is 2.24. The van der Waals surface area contributed by atoms with Crippen molar-refractivity contribution in [2.24, 2.45) is 0 Å². The molecular formula is C51H31N7. The maximum atomic E-state index is 10.1. The van der Waals surface area contributed by atoms with Gasteiger partial charge in [-0.1, -0.05) is 103 Å². The van der Waals surface area contributed by atoms with Crippen LogP contribution in [-0.4, -0.2) is 19.1 Å². The van der Waals surface area contributed by atoms with Crippen molar-refractivity contribution in [3.05, 3.63) is 191 Å². The summed E-state index contributed by atoms with van der Waals surface area (Å²) >= 11 is 0. The van der Waals surface area contributed by atoms with Crippen LogP contribution in [-0.2, 0) is 0 Å². The highest BCUT2D eigenvalue weighted by molar-refractivity contribution is 6.13. The van der Waals surface area contributed by atoms with Crippen LogP contribution in [0.15, 0.2) is 152 Å². The van der Waals surface area contributed by atoms with Gasteiger partial charge in [-0.2, -0.15) is 5.26 Å². The second-order valence-electron chi connectivity index (χ2n) is 14.4. The van der Waals surface area contributed by atoms with Crippen LogP contribution < -0.4 is 0 Å². The average molecular weight is 742 g/mol. The first-order valence-corrected chi connectivity index (χ1v) is 18.9. The van der Waals surface area contributed by atoms with Crippen molar-refractivity contribution in [1.29, 1.82) is 5.26 Å². The van der Waals surface area contributed by atoms with Crippen LogP contribution in [0.5, 0.6) is 0 Å². The Labute approximate surface area is 334 Å². The number of fused-ring (bicyclic) bond motifs is 6. The van der Waals surface area contributed by atoms with Crippen LogP contribution in [0.4, 0.5) is 11.4 Å². The lowest BCUT2D eigenvalue weighted by Crippen LogP contribution is -2.05. The molecule has 0 bridgehead atoms. The predicted molar refractivity (Wildman–Crippen MR) is 234 cm³/mol. The Bertz CT molecular complexity index is 3450. The van der Waals surface area contributed by atoms with Crippen LogP contribution in [0.2, 0.25) is 0 Å². The number of hydrogen-bond acceptors (Lipinski definition) is 3. The summed E-state index contributed by atoms with van der Waals surface area (Å²) in [7, 11) is 0. The molecule has 0 amide bonds. The van der Waals surface area contributed by atoms with Crippen molar-refractivity contribution < 1.29 is 0 Å². The van der Waals surface area contributed by atoms with E-state index in [1.165, 1.54) is 0 Å². The molecule has 3 aromatic heterocycles. The van der Waals surface area contributed by atoms with Gasteiger partial charge >= 0.3 is 0 Å². The molecule has 0 aliphatic rings. The molecule has 0 N–H and O–H groups in total. The average Bonchev–Trinajstić information content (AvgIpc) is 3.77. The summed E-state index contributed by atoms with van der Waals surface area (Å²) in [5.41, 5.74) is 12.9. The number of benzene rings is 7. The molecule has 0 radical (unpaired) electrons. The molecule has 7 nitrogen and oxygen atoms in total. The minimum absolute atomic E-state index is 0.424. The Kier molecular flexibility index (Phi) is 7.94. The highest BCUT2D eigenvalue weighted by atomic mass is 15.1. The Balaban J connectivity index is 1.37. The fourth-order valence-corrected chi connectivity index (χ4v) is 8.48. The lowest BCUT2D eigenvalue weighted by molar-refractivity contribution is 1.06. The predicted octanol–water partition coefficient (Wildman–Crippen LogP) is 13.3. The molecular weight excluding hydrogens is 711 g/mol. The topological polar surface area (TPSA) is 68.2 Å². The van der Waals surface area contributed by atoms with Gasteiger partial charge in [0, 0.05) is 38.5 Å². The molecule has 0 fully saturated rings. The summed E-state index contributed by atoms with van der Waals surface area (Å²) in [6.07, 6.45) is 0. The summed E-state index contributed by atoms with van der Waals surface area (Å²) in [6, 6.07) is 53.2. The van der Waals surface area contributed by atoms with Gasteiger partial charge in [-0.3, -0.25) is 0 Å². The summed E-state index contributed by atoms with van der Waals surface area (Å²) in [6.45, 7) is 20.4. The van der Waals surface area contributed by atoms with E-state index in [2.05, 4.69) is 97.7 Å². The van der Waals surface area contributed by atoms with Gasteiger partial charge in [0.2, 0.25) is 0 Å². The number of para-hydroxylation sites is 3. The molecule has 0 saturated heterocycles. The Morgan fingerprint density at radius 3 is 1.59 bits per heavy atom. The van der Waals surface area contributed by atoms with Gasteiger partial charge in [0.25, 0.3) is 0 Å². The second kappa shape index (κ2) is 13.5. The third-order valence-corrected chi connectivity index (χ3v) is 11.0. The largest absolute Gasteiger partial charge is 0.308 e. The zero-order valence-electron chi connectivity index (χ0n) is 31.6.